The van der Waals surface area contributed by atoms with E-state index in [0.29, 0.717) is 24.1 Å². The normalized spacial score (nSPS) is 28.2. The first-order chi connectivity index (χ1) is 8.41. The van der Waals surface area contributed by atoms with Gasteiger partial charge in [0.25, 0.3) is 0 Å². The molecule has 0 aromatic rings. The standard InChI is InChI=1S/C15H31NOS/c1-7-12(10-18-6)16-13-8-14(15(13,4)5)17-9-11(2)3/h11-14,16H,7-10H2,1-6H3. The van der Waals surface area contributed by atoms with Crippen molar-refractivity contribution in [2.75, 3.05) is 18.6 Å². The van der Waals surface area contributed by atoms with Gasteiger partial charge in [-0.2, -0.15) is 11.8 Å². The fourth-order valence-corrected chi connectivity index (χ4v) is 3.26. The Hall–Kier alpha value is 0.270. The molecule has 0 bridgehead atoms. The number of thioether (sulfide) groups is 1. The Morgan fingerprint density at radius 2 is 2.06 bits per heavy atom. The summed E-state index contributed by atoms with van der Waals surface area (Å²) >= 11 is 1.93. The van der Waals surface area contributed by atoms with E-state index < -0.39 is 0 Å². The van der Waals surface area contributed by atoms with E-state index in [0.717, 1.165) is 6.61 Å². The molecule has 1 fully saturated rings. The fraction of sp³-hybridized carbons (Fsp3) is 1.00. The van der Waals surface area contributed by atoms with E-state index in [-0.39, 0.29) is 5.41 Å². The van der Waals surface area contributed by atoms with Crippen LogP contribution in [0.2, 0.25) is 0 Å². The van der Waals surface area contributed by atoms with E-state index in [2.05, 4.69) is 46.2 Å². The van der Waals surface area contributed by atoms with E-state index in [1.807, 2.05) is 11.8 Å². The zero-order valence-corrected chi connectivity index (χ0v) is 13.8. The summed E-state index contributed by atoms with van der Waals surface area (Å²) in [6.07, 6.45) is 5.00. The predicted molar refractivity (Wildman–Crippen MR) is 82.4 cm³/mol. The lowest BCUT2D eigenvalue weighted by molar-refractivity contribution is -0.125. The van der Waals surface area contributed by atoms with Crippen molar-refractivity contribution in [3.63, 3.8) is 0 Å². The van der Waals surface area contributed by atoms with Crippen LogP contribution in [-0.2, 0) is 4.74 Å². The average Bonchev–Trinajstić information content (AvgIpc) is 2.30. The maximum Gasteiger partial charge on any atom is 0.0656 e. The van der Waals surface area contributed by atoms with Crippen LogP contribution in [-0.4, -0.2) is 36.8 Å². The van der Waals surface area contributed by atoms with E-state index in [1.54, 1.807) is 0 Å². The van der Waals surface area contributed by atoms with E-state index in [9.17, 15) is 0 Å². The molecule has 1 rings (SSSR count). The van der Waals surface area contributed by atoms with Crippen LogP contribution >= 0.6 is 11.8 Å². The zero-order valence-electron chi connectivity index (χ0n) is 13.0. The molecule has 0 aromatic heterocycles. The highest BCUT2D eigenvalue weighted by Gasteiger charge is 2.49. The number of ether oxygens (including phenoxy) is 1. The number of hydrogen-bond acceptors (Lipinski definition) is 3. The second-order valence-corrected chi connectivity index (χ2v) is 7.46. The first kappa shape index (κ1) is 16.3. The third-order valence-electron chi connectivity index (χ3n) is 4.11. The Kier molecular flexibility index (Phi) is 6.49. The Bertz CT molecular complexity index is 243. The Morgan fingerprint density at radius 3 is 2.50 bits per heavy atom. The van der Waals surface area contributed by atoms with Gasteiger partial charge in [-0.1, -0.05) is 34.6 Å². The molecule has 1 aliphatic rings. The summed E-state index contributed by atoms with van der Waals surface area (Å²) in [4.78, 5) is 0. The molecule has 0 aromatic carbocycles. The van der Waals surface area contributed by atoms with Gasteiger partial charge < -0.3 is 10.1 Å². The third-order valence-corrected chi connectivity index (χ3v) is 4.84. The Morgan fingerprint density at radius 1 is 1.39 bits per heavy atom. The van der Waals surface area contributed by atoms with E-state index >= 15 is 0 Å². The number of hydrogen-bond donors (Lipinski definition) is 1. The highest BCUT2D eigenvalue weighted by atomic mass is 32.2. The van der Waals surface area contributed by atoms with Crippen molar-refractivity contribution < 1.29 is 4.74 Å². The van der Waals surface area contributed by atoms with Crippen molar-refractivity contribution >= 4 is 11.8 Å². The van der Waals surface area contributed by atoms with Crippen LogP contribution in [0.15, 0.2) is 0 Å². The van der Waals surface area contributed by atoms with Crippen molar-refractivity contribution in [1.29, 1.82) is 0 Å². The topological polar surface area (TPSA) is 21.3 Å². The largest absolute Gasteiger partial charge is 0.377 e. The van der Waals surface area contributed by atoms with Gasteiger partial charge in [-0.05, 0) is 25.0 Å². The second-order valence-electron chi connectivity index (χ2n) is 6.55. The van der Waals surface area contributed by atoms with Gasteiger partial charge >= 0.3 is 0 Å². The molecule has 0 spiro atoms. The summed E-state index contributed by atoms with van der Waals surface area (Å²) in [5, 5.41) is 3.81. The van der Waals surface area contributed by atoms with Crippen LogP contribution in [0.3, 0.4) is 0 Å². The lowest BCUT2D eigenvalue weighted by Crippen LogP contribution is -2.63. The van der Waals surface area contributed by atoms with Gasteiger partial charge in [0.05, 0.1) is 6.10 Å². The second kappa shape index (κ2) is 7.16. The summed E-state index contributed by atoms with van der Waals surface area (Å²) in [7, 11) is 0. The Balaban J connectivity index is 2.38. The Labute approximate surface area is 118 Å². The van der Waals surface area contributed by atoms with Gasteiger partial charge in [0.1, 0.15) is 0 Å². The summed E-state index contributed by atoms with van der Waals surface area (Å²) in [5.41, 5.74) is 0.278. The average molecular weight is 273 g/mol. The molecule has 108 valence electrons. The molecule has 1 N–H and O–H groups in total. The van der Waals surface area contributed by atoms with Crippen LogP contribution in [0.5, 0.6) is 0 Å². The van der Waals surface area contributed by atoms with Crippen molar-refractivity contribution in [2.24, 2.45) is 11.3 Å². The van der Waals surface area contributed by atoms with Gasteiger partial charge in [-0.25, -0.2) is 0 Å². The van der Waals surface area contributed by atoms with E-state index in [1.165, 1.54) is 18.6 Å². The quantitative estimate of drug-likeness (QED) is 0.730. The van der Waals surface area contributed by atoms with Gasteiger partial charge in [-0.15, -0.1) is 0 Å². The van der Waals surface area contributed by atoms with Crippen LogP contribution in [0, 0.1) is 11.3 Å². The highest BCUT2D eigenvalue weighted by Crippen LogP contribution is 2.43. The lowest BCUT2D eigenvalue weighted by Gasteiger charge is -2.53. The monoisotopic (exact) mass is 273 g/mol. The molecule has 3 heteroatoms. The molecule has 0 aliphatic heterocycles. The number of nitrogens with one attached hydrogen (secondary N) is 1. The summed E-state index contributed by atoms with van der Waals surface area (Å²) < 4.78 is 6.01. The smallest absolute Gasteiger partial charge is 0.0656 e. The minimum atomic E-state index is 0.278. The minimum Gasteiger partial charge on any atom is -0.377 e. The van der Waals surface area contributed by atoms with Gasteiger partial charge in [-0.3, -0.25) is 0 Å². The molecule has 0 heterocycles. The molecule has 1 aliphatic carbocycles. The van der Waals surface area contributed by atoms with Crippen LogP contribution in [0.1, 0.15) is 47.5 Å². The molecule has 0 radical (unpaired) electrons. The molecular formula is C15H31NOS. The maximum atomic E-state index is 6.01. The summed E-state index contributed by atoms with van der Waals surface area (Å²) in [6, 6.07) is 1.27. The SMILES string of the molecule is CCC(CSC)NC1CC(OCC(C)C)C1(C)C. The fourth-order valence-electron chi connectivity index (χ4n) is 2.53. The van der Waals surface area contributed by atoms with Gasteiger partial charge in [0.15, 0.2) is 0 Å². The van der Waals surface area contributed by atoms with Crippen LogP contribution < -0.4 is 5.32 Å². The van der Waals surface area contributed by atoms with Gasteiger partial charge in [0, 0.05) is 29.9 Å². The third kappa shape index (κ3) is 4.14. The van der Waals surface area contributed by atoms with Gasteiger partial charge in [0.2, 0.25) is 0 Å². The molecule has 18 heavy (non-hydrogen) atoms. The van der Waals surface area contributed by atoms with Crippen LogP contribution in [0.25, 0.3) is 0 Å². The first-order valence-electron chi connectivity index (χ1n) is 7.28. The van der Waals surface area contributed by atoms with Crippen LogP contribution in [0.4, 0.5) is 0 Å². The highest BCUT2D eigenvalue weighted by molar-refractivity contribution is 7.98. The molecule has 1 saturated carbocycles. The number of rotatable bonds is 8. The molecule has 3 unspecified atom stereocenters. The minimum absolute atomic E-state index is 0.278. The van der Waals surface area contributed by atoms with Crippen molar-refractivity contribution in [3.05, 3.63) is 0 Å². The molecular weight excluding hydrogens is 242 g/mol. The zero-order chi connectivity index (χ0) is 13.8. The predicted octanol–water partition coefficient (Wildman–Crippen LogP) is 3.56. The molecule has 3 atom stereocenters. The summed E-state index contributed by atoms with van der Waals surface area (Å²) in [6.45, 7) is 12.3. The molecule has 0 saturated heterocycles. The van der Waals surface area contributed by atoms with E-state index in [4.69, 9.17) is 4.74 Å². The summed E-state index contributed by atoms with van der Waals surface area (Å²) in [5.74, 6) is 1.84. The first-order valence-corrected chi connectivity index (χ1v) is 8.67. The molecule has 2 nitrogen and oxygen atoms in total. The maximum absolute atomic E-state index is 6.01. The van der Waals surface area contributed by atoms with Crippen molar-refractivity contribution in [1.82, 2.24) is 5.32 Å². The lowest BCUT2D eigenvalue weighted by atomic mass is 9.64. The van der Waals surface area contributed by atoms with Crippen molar-refractivity contribution in [3.8, 4) is 0 Å². The molecule has 0 amide bonds. The van der Waals surface area contributed by atoms with Crippen molar-refractivity contribution in [2.45, 2.75) is 65.6 Å².